The molecule has 0 aromatic heterocycles. The number of methoxy groups -OCH3 is 1. The highest BCUT2D eigenvalue weighted by Gasteiger charge is 2.69. The van der Waals surface area contributed by atoms with Crippen LogP contribution in [0.2, 0.25) is 0 Å². The van der Waals surface area contributed by atoms with E-state index in [4.69, 9.17) is 4.74 Å². The molecule has 1 spiro atoms. The Labute approximate surface area is 85.0 Å². The van der Waals surface area contributed by atoms with Crippen molar-refractivity contribution in [1.29, 1.82) is 0 Å². The number of hydrogen-bond donors (Lipinski definition) is 0. The Morgan fingerprint density at radius 2 is 1.93 bits per heavy atom. The summed E-state index contributed by atoms with van der Waals surface area (Å²) < 4.78 is 4.94. The van der Waals surface area contributed by atoms with E-state index in [1.165, 1.54) is 32.8 Å². The second-order valence-corrected chi connectivity index (χ2v) is 5.43. The molecule has 0 amide bonds. The summed E-state index contributed by atoms with van der Waals surface area (Å²) >= 11 is 0. The Hall–Kier alpha value is -0.530. The van der Waals surface area contributed by atoms with Crippen molar-refractivity contribution in [2.24, 2.45) is 29.1 Å². The van der Waals surface area contributed by atoms with Gasteiger partial charge in [-0.1, -0.05) is 6.92 Å². The van der Waals surface area contributed by atoms with E-state index in [0.717, 1.165) is 5.92 Å². The zero-order valence-corrected chi connectivity index (χ0v) is 8.95. The Balaban J connectivity index is 1.92. The van der Waals surface area contributed by atoms with Crippen molar-refractivity contribution in [2.45, 2.75) is 32.6 Å². The van der Waals surface area contributed by atoms with Crippen molar-refractivity contribution in [2.75, 3.05) is 7.11 Å². The lowest BCUT2D eigenvalue weighted by Crippen LogP contribution is -2.28. The largest absolute Gasteiger partial charge is 0.469 e. The van der Waals surface area contributed by atoms with Gasteiger partial charge in [0.15, 0.2) is 0 Å². The molecule has 3 aliphatic rings. The van der Waals surface area contributed by atoms with Crippen LogP contribution < -0.4 is 0 Å². The molecular weight excluding hydrogens is 176 g/mol. The van der Waals surface area contributed by atoms with Crippen molar-refractivity contribution in [3.63, 3.8) is 0 Å². The summed E-state index contributed by atoms with van der Waals surface area (Å²) in [5.74, 6) is 2.34. The number of carbonyl (C=O) groups is 1. The number of ether oxygens (including phenoxy) is 1. The van der Waals surface area contributed by atoms with Crippen LogP contribution in [-0.2, 0) is 9.53 Å². The van der Waals surface area contributed by atoms with Crippen molar-refractivity contribution < 1.29 is 9.53 Å². The lowest BCUT2D eigenvalue weighted by Gasteiger charge is -2.25. The minimum Gasteiger partial charge on any atom is -0.469 e. The van der Waals surface area contributed by atoms with Gasteiger partial charge in [0.05, 0.1) is 13.0 Å². The summed E-state index contributed by atoms with van der Waals surface area (Å²) in [6.45, 7) is 2.26. The summed E-state index contributed by atoms with van der Waals surface area (Å²) in [4.78, 5) is 11.7. The number of carbonyl (C=O) groups excluding carboxylic acids is 1. The Morgan fingerprint density at radius 3 is 2.43 bits per heavy atom. The summed E-state index contributed by atoms with van der Waals surface area (Å²) in [5.41, 5.74) is 0.596. The van der Waals surface area contributed by atoms with E-state index in [2.05, 4.69) is 6.92 Å². The molecule has 14 heavy (non-hydrogen) atoms. The van der Waals surface area contributed by atoms with Crippen LogP contribution in [0.3, 0.4) is 0 Å². The maximum atomic E-state index is 11.7. The van der Waals surface area contributed by atoms with E-state index < -0.39 is 0 Å². The summed E-state index contributed by atoms with van der Waals surface area (Å²) in [6.07, 6.45) is 5.38. The second kappa shape index (κ2) is 2.53. The first kappa shape index (κ1) is 8.75. The molecule has 3 rings (SSSR count). The molecule has 2 nitrogen and oxygen atoms in total. The quantitative estimate of drug-likeness (QED) is 0.598. The van der Waals surface area contributed by atoms with Gasteiger partial charge in [0, 0.05) is 0 Å². The molecule has 0 heterocycles. The van der Waals surface area contributed by atoms with E-state index in [1.54, 1.807) is 0 Å². The highest BCUT2D eigenvalue weighted by molar-refractivity contribution is 5.74. The van der Waals surface area contributed by atoms with Crippen LogP contribution in [0.25, 0.3) is 0 Å². The fraction of sp³-hybridized carbons (Fsp3) is 0.917. The van der Waals surface area contributed by atoms with Crippen LogP contribution in [0.15, 0.2) is 0 Å². The maximum absolute atomic E-state index is 11.7. The third kappa shape index (κ3) is 0.807. The number of esters is 1. The molecule has 3 fully saturated rings. The standard InChI is InChI=1S/C12H18O2/c1-7-8-3-4-9(12(8)5-6-12)10(7)11(13)14-2/h7-10H,3-6H2,1-2H3. The van der Waals surface area contributed by atoms with Crippen LogP contribution >= 0.6 is 0 Å². The molecule has 0 radical (unpaired) electrons. The van der Waals surface area contributed by atoms with Crippen LogP contribution in [0, 0.1) is 29.1 Å². The van der Waals surface area contributed by atoms with Gasteiger partial charge in [-0.25, -0.2) is 0 Å². The van der Waals surface area contributed by atoms with Crippen molar-refractivity contribution in [3.05, 3.63) is 0 Å². The smallest absolute Gasteiger partial charge is 0.309 e. The average Bonchev–Trinajstić information content (AvgIpc) is 2.84. The van der Waals surface area contributed by atoms with Crippen molar-refractivity contribution in [1.82, 2.24) is 0 Å². The van der Waals surface area contributed by atoms with Gasteiger partial charge in [-0.05, 0) is 48.9 Å². The van der Waals surface area contributed by atoms with E-state index in [9.17, 15) is 4.79 Å². The second-order valence-electron chi connectivity index (χ2n) is 5.43. The normalized spacial score (nSPS) is 47.0. The molecule has 2 heteroatoms. The topological polar surface area (TPSA) is 26.3 Å². The average molecular weight is 194 g/mol. The molecule has 0 aromatic carbocycles. The van der Waals surface area contributed by atoms with Gasteiger partial charge in [0.2, 0.25) is 0 Å². The SMILES string of the molecule is COC(=O)C1C(C)C2CCC1C21CC1. The predicted octanol–water partition coefficient (Wildman–Crippen LogP) is 2.23. The predicted molar refractivity (Wildman–Crippen MR) is 52.6 cm³/mol. The van der Waals surface area contributed by atoms with Crippen LogP contribution in [-0.4, -0.2) is 13.1 Å². The molecule has 0 aromatic rings. The highest BCUT2D eigenvalue weighted by atomic mass is 16.5. The fourth-order valence-corrected chi connectivity index (χ4v) is 4.55. The minimum absolute atomic E-state index is 0.0518. The minimum atomic E-state index is 0.0518. The lowest BCUT2D eigenvalue weighted by molar-refractivity contribution is -0.149. The molecule has 0 aliphatic heterocycles. The molecule has 2 bridgehead atoms. The van der Waals surface area contributed by atoms with Gasteiger partial charge in [-0.3, -0.25) is 4.79 Å². The summed E-state index contributed by atoms with van der Waals surface area (Å²) in [6, 6.07) is 0. The molecule has 4 atom stereocenters. The van der Waals surface area contributed by atoms with Crippen molar-refractivity contribution in [3.8, 4) is 0 Å². The first-order valence-corrected chi connectivity index (χ1v) is 5.78. The van der Waals surface area contributed by atoms with Gasteiger partial charge < -0.3 is 4.74 Å². The summed E-state index contributed by atoms with van der Waals surface area (Å²) in [7, 11) is 1.53. The van der Waals surface area contributed by atoms with Gasteiger partial charge in [0.25, 0.3) is 0 Å². The third-order valence-electron chi connectivity index (χ3n) is 5.20. The monoisotopic (exact) mass is 194 g/mol. The van der Waals surface area contributed by atoms with Crippen LogP contribution in [0.1, 0.15) is 32.6 Å². The van der Waals surface area contributed by atoms with Crippen LogP contribution in [0.5, 0.6) is 0 Å². The van der Waals surface area contributed by atoms with E-state index in [1.807, 2.05) is 0 Å². The van der Waals surface area contributed by atoms with Crippen molar-refractivity contribution >= 4 is 5.97 Å². The Bertz CT molecular complexity index is 280. The first-order valence-electron chi connectivity index (χ1n) is 5.78. The molecular formula is C12H18O2. The van der Waals surface area contributed by atoms with E-state index in [0.29, 0.717) is 17.3 Å². The van der Waals surface area contributed by atoms with Gasteiger partial charge in [-0.2, -0.15) is 0 Å². The van der Waals surface area contributed by atoms with Gasteiger partial charge in [0.1, 0.15) is 0 Å². The molecule has 0 saturated heterocycles. The lowest BCUT2D eigenvalue weighted by atomic mass is 9.80. The van der Waals surface area contributed by atoms with Crippen LogP contribution in [0.4, 0.5) is 0 Å². The first-order chi connectivity index (χ1) is 6.70. The summed E-state index contributed by atoms with van der Waals surface area (Å²) in [5, 5.41) is 0. The maximum Gasteiger partial charge on any atom is 0.309 e. The van der Waals surface area contributed by atoms with E-state index >= 15 is 0 Å². The molecule has 0 N–H and O–H groups in total. The number of rotatable bonds is 1. The molecule has 78 valence electrons. The fourth-order valence-electron chi connectivity index (χ4n) is 4.55. The third-order valence-corrected chi connectivity index (χ3v) is 5.20. The van der Waals surface area contributed by atoms with Gasteiger partial charge >= 0.3 is 5.97 Å². The molecule has 3 aliphatic carbocycles. The molecule has 4 unspecified atom stereocenters. The zero-order valence-electron chi connectivity index (χ0n) is 8.95. The van der Waals surface area contributed by atoms with Gasteiger partial charge in [-0.15, -0.1) is 0 Å². The highest BCUT2D eigenvalue weighted by Crippen LogP contribution is 2.74. The Morgan fingerprint density at radius 1 is 1.29 bits per heavy atom. The number of hydrogen-bond acceptors (Lipinski definition) is 2. The van der Waals surface area contributed by atoms with E-state index in [-0.39, 0.29) is 11.9 Å². The Kier molecular flexibility index (Phi) is 1.58. The molecule has 3 saturated carbocycles. The zero-order chi connectivity index (χ0) is 9.92.